The van der Waals surface area contributed by atoms with Crippen molar-refractivity contribution in [3.8, 4) is 0 Å². The standard InChI is InChI=1S/C14H20N2O2S/c1-16(2)14(18)12(9-10-19-3)15-13(17)11-7-5-4-6-8-11/h4-8,12H,9-10H2,1-3H3,(H,15,17). The molecule has 1 aromatic carbocycles. The number of thioether (sulfide) groups is 1. The molecule has 5 heteroatoms. The first-order valence-electron chi connectivity index (χ1n) is 6.12. The van der Waals surface area contributed by atoms with Crippen LogP contribution in [0.1, 0.15) is 16.8 Å². The lowest BCUT2D eigenvalue weighted by atomic mass is 10.1. The van der Waals surface area contributed by atoms with Gasteiger partial charge in [-0.3, -0.25) is 9.59 Å². The van der Waals surface area contributed by atoms with Crippen molar-refractivity contribution in [1.82, 2.24) is 10.2 Å². The molecule has 1 unspecified atom stereocenters. The van der Waals surface area contributed by atoms with E-state index in [0.29, 0.717) is 12.0 Å². The Labute approximate surface area is 118 Å². The molecule has 2 amide bonds. The fraction of sp³-hybridized carbons (Fsp3) is 0.429. The van der Waals surface area contributed by atoms with Crippen molar-refractivity contribution in [3.05, 3.63) is 35.9 Å². The van der Waals surface area contributed by atoms with E-state index in [1.165, 1.54) is 4.90 Å². The average molecular weight is 280 g/mol. The topological polar surface area (TPSA) is 49.4 Å². The van der Waals surface area contributed by atoms with E-state index >= 15 is 0 Å². The van der Waals surface area contributed by atoms with Crippen LogP contribution >= 0.6 is 11.8 Å². The van der Waals surface area contributed by atoms with Crippen LogP contribution in [-0.4, -0.2) is 48.9 Å². The minimum Gasteiger partial charge on any atom is -0.347 e. The first kappa shape index (κ1) is 15.6. The molecule has 0 fully saturated rings. The summed E-state index contributed by atoms with van der Waals surface area (Å²) in [6.45, 7) is 0. The Morgan fingerprint density at radius 1 is 1.26 bits per heavy atom. The zero-order chi connectivity index (χ0) is 14.3. The Balaban J connectivity index is 2.71. The number of nitrogens with zero attached hydrogens (tertiary/aromatic N) is 1. The third kappa shape index (κ3) is 4.95. The van der Waals surface area contributed by atoms with Crippen molar-refractivity contribution < 1.29 is 9.59 Å². The van der Waals surface area contributed by atoms with Crippen LogP contribution in [0.4, 0.5) is 0 Å². The van der Waals surface area contributed by atoms with Crippen LogP contribution in [0.15, 0.2) is 30.3 Å². The smallest absolute Gasteiger partial charge is 0.251 e. The van der Waals surface area contributed by atoms with Gasteiger partial charge < -0.3 is 10.2 Å². The fourth-order valence-corrected chi connectivity index (χ4v) is 2.11. The summed E-state index contributed by atoms with van der Waals surface area (Å²) in [6.07, 6.45) is 2.62. The molecule has 0 aromatic heterocycles. The molecule has 1 aromatic rings. The Bertz CT molecular complexity index is 421. The molecular formula is C14H20N2O2S. The summed E-state index contributed by atoms with van der Waals surface area (Å²) in [6, 6.07) is 8.48. The second-order valence-corrected chi connectivity index (χ2v) is 5.39. The second-order valence-electron chi connectivity index (χ2n) is 4.41. The maximum Gasteiger partial charge on any atom is 0.251 e. The minimum atomic E-state index is -0.463. The van der Waals surface area contributed by atoms with Crippen LogP contribution in [0.25, 0.3) is 0 Å². The van der Waals surface area contributed by atoms with E-state index in [4.69, 9.17) is 0 Å². The maximum atomic E-state index is 12.1. The summed E-state index contributed by atoms with van der Waals surface area (Å²) in [5, 5.41) is 2.81. The van der Waals surface area contributed by atoms with Gasteiger partial charge in [0.25, 0.3) is 5.91 Å². The summed E-state index contributed by atoms with van der Waals surface area (Å²) in [5.74, 6) is 0.555. The first-order chi connectivity index (χ1) is 9.06. The maximum absolute atomic E-state index is 12.1. The molecule has 0 spiro atoms. The van der Waals surface area contributed by atoms with Crippen LogP contribution in [0, 0.1) is 0 Å². The molecule has 0 saturated heterocycles. The fourth-order valence-electron chi connectivity index (χ4n) is 1.64. The van der Waals surface area contributed by atoms with Crippen molar-refractivity contribution in [2.75, 3.05) is 26.1 Å². The predicted molar refractivity (Wildman–Crippen MR) is 79.4 cm³/mol. The van der Waals surface area contributed by atoms with Gasteiger partial charge >= 0.3 is 0 Å². The Hall–Kier alpha value is -1.49. The number of benzene rings is 1. The summed E-state index contributed by atoms with van der Waals surface area (Å²) < 4.78 is 0. The average Bonchev–Trinajstić information content (AvgIpc) is 2.43. The van der Waals surface area contributed by atoms with Crippen LogP contribution < -0.4 is 5.32 Å². The molecule has 0 heterocycles. The van der Waals surface area contributed by atoms with Crippen LogP contribution in [-0.2, 0) is 4.79 Å². The largest absolute Gasteiger partial charge is 0.347 e. The Morgan fingerprint density at radius 2 is 1.89 bits per heavy atom. The van der Waals surface area contributed by atoms with E-state index in [9.17, 15) is 9.59 Å². The number of amides is 2. The normalized spacial score (nSPS) is 11.7. The van der Waals surface area contributed by atoms with Gasteiger partial charge in [-0.2, -0.15) is 11.8 Å². The van der Waals surface area contributed by atoms with Gasteiger partial charge in [-0.1, -0.05) is 18.2 Å². The van der Waals surface area contributed by atoms with Gasteiger partial charge in [0.15, 0.2) is 0 Å². The van der Waals surface area contributed by atoms with Crippen molar-refractivity contribution >= 4 is 23.6 Å². The molecule has 0 aliphatic rings. The van der Waals surface area contributed by atoms with Crippen LogP contribution in [0.2, 0.25) is 0 Å². The van der Waals surface area contributed by atoms with Crippen molar-refractivity contribution in [3.63, 3.8) is 0 Å². The Kier molecular flexibility index (Phi) is 6.42. The lowest BCUT2D eigenvalue weighted by Crippen LogP contribution is -2.46. The molecule has 1 atom stereocenters. The predicted octanol–water partition coefficient (Wildman–Crippen LogP) is 1.63. The SMILES string of the molecule is CSCCC(NC(=O)c1ccccc1)C(=O)N(C)C. The molecule has 0 aliphatic heterocycles. The molecular weight excluding hydrogens is 260 g/mol. The highest BCUT2D eigenvalue weighted by molar-refractivity contribution is 7.98. The van der Waals surface area contributed by atoms with Gasteiger partial charge in [0.2, 0.25) is 5.91 Å². The highest BCUT2D eigenvalue weighted by atomic mass is 32.2. The van der Waals surface area contributed by atoms with E-state index in [0.717, 1.165) is 5.75 Å². The highest BCUT2D eigenvalue weighted by Crippen LogP contribution is 2.05. The third-order valence-electron chi connectivity index (χ3n) is 2.69. The molecule has 4 nitrogen and oxygen atoms in total. The molecule has 0 bridgehead atoms. The summed E-state index contributed by atoms with van der Waals surface area (Å²) in [5.41, 5.74) is 0.572. The van der Waals surface area contributed by atoms with E-state index in [-0.39, 0.29) is 11.8 Å². The molecule has 19 heavy (non-hydrogen) atoms. The molecule has 1 N–H and O–H groups in total. The number of hydrogen-bond donors (Lipinski definition) is 1. The van der Waals surface area contributed by atoms with Crippen molar-refractivity contribution in [2.24, 2.45) is 0 Å². The third-order valence-corrected chi connectivity index (χ3v) is 3.33. The van der Waals surface area contributed by atoms with Gasteiger partial charge in [0.1, 0.15) is 6.04 Å². The quantitative estimate of drug-likeness (QED) is 0.861. The van der Waals surface area contributed by atoms with E-state index in [2.05, 4.69) is 5.32 Å². The monoisotopic (exact) mass is 280 g/mol. The molecule has 104 valence electrons. The number of carbonyl (C=O) groups excluding carboxylic acids is 2. The zero-order valence-corrected chi connectivity index (χ0v) is 12.4. The van der Waals surface area contributed by atoms with E-state index < -0.39 is 6.04 Å². The Morgan fingerprint density at radius 3 is 2.42 bits per heavy atom. The van der Waals surface area contributed by atoms with Crippen molar-refractivity contribution in [1.29, 1.82) is 0 Å². The number of rotatable bonds is 6. The first-order valence-corrected chi connectivity index (χ1v) is 7.51. The van der Waals surface area contributed by atoms with Crippen molar-refractivity contribution in [2.45, 2.75) is 12.5 Å². The van der Waals surface area contributed by atoms with Crippen LogP contribution in [0.5, 0.6) is 0 Å². The highest BCUT2D eigenvalue weighted by Gasteiger charge is 2.22. The van der Waals surface area contributed by atoms with Gasteiger partial charge in [-0.15, -0.1) is 0 Å². The van der Waals surface area contributed by atoms with Gasteiger partial charge in [0, 0.05) is 19.7 Å². The van der Waals surface area contributed by atoms with E-state index in [1.54, 1.807) is 50.1 Å². The molecule has 0 aliphatic carbocycles. The summed E-state index contributed by atoms with van der Waals surface area (Å²) >= 11 is 1.66. The summed E-state index contributed by atoms with van der Waals surface area (Å²) in [4.78, 5) is 25.6. The summed E-state index contributed by atoms with van der Waals surface area (Å²) in [7, 11) is 3.40. The number of hydrogen-bond acceptors (Lipinski definition) is 3. The van der Waals surface area contributed by atoms with Gasteiger partial charge in [-0.05, 0) is 30.6 Å². The van der Waals surface area contributed by atoms with E-state index in [1.807, 2.05) is 12.3 Å². The molecule has 0 saturated carbocycles. The van der Waals surface area contributed by atoms with Crippen LogP contribution in [0.3, 0.4) is 0 Å². The second kappa shape index (κ2) is 7.84. The van der Waals surface area contributed by atoms with Gasteiger partial charge in [-0.25, -0.2) is 0 Å². The lowest BCUT2D eigenvalue weighted by Gasteiger charge is -2.21. The molecule has 0 radical (unpaired) electrons. The number of nitrogens with one attached hydrogen (secondary N) is 1. The molecule has 1 rings (SSSR count). The minimum absolute atomic E-state index is 0.0710. The lowest BCUT2D eigenvalue weighted by molar-refractivity contribution is -0.130. The van der Waals surface area contributed by atoms with Gasteiger partial charge in [0.05, 0.1) is 0 Å². The number of carbonyl (C=O) groups is 2. The number of likely N-dealkylation sites (N-methyl/N-ethyl adjacent to an activating group) is 1. The zero-order valence-electron chi connectivity index (χ0n) is 11.6.